The van der Waals surface area contributed by atoms with Gasteiger partial charge in [0.1, 0.15) is 5.67 Å². The molecule has 3 atom stereocenters. The third-order valence-corrected chi connectivity index (χ3v) is 6.71. The lowest BCUT2D eigenvalue weighted by atomic mass is 9.42. The van der Waals surface area contributed by atoms with Crippen LogP contribution in [0.3, 0.4) is 0 Å². The molecular formula is C18H19ClFN3O3. The first kappa shape index (κ1) is 16.4. The van der Waals surface area contributed by atoms with Gasteiger partial charge in [-0.15, -0.1) is 0 Å². The first-order chi connectivity index (χ1) is 12.4. The number of likely N-dealkylation sites (tertiary alicyclic amines) is 1. The van der Waals surface area contributed by atoms with Crippen molar-refractivity contribution in [1.29, 1.82) is 0 Å². The summed E-state index contributed by atoms with van der Waals surface area (Å²) in [7, 11) is 0. The Morgan fingerprint density at radius 3 is 2.81 bits per heavy atom. The van der Waals surface area contributed by atoms with Crippen LogP contribution >= 0.6 is 11.6 Å². The largest absolute Gasteiger partial charge is 0.375 e. The fourth-order valence-electron chi connectivity index (χ4n) is 5.07. The number of rotatable bonds is 3. The highest BCUT2D eigenvalue weighted by Gasteiger charge is 2.73. The normalized spacial score (nSPS) is 39.8. The lowest BCUT2D eigenvalue weighted by Crippen LogP contribution is -2.70. The van der Waals surface area contributed by atoms with Gasteiger partial charge in [0.25, 0.3) is 0 Å². The molecule has 5 fully saturated rings. The second kappa shape index (κ2) is 5.39. The Morgan fingerprint density at radius 1 is 1.35 bits per heavy atom. The molecule has 0 spiro atoms. The summed E-state index contributed by atoms with van der Waals surface area (Å²) in [5.41, 5.74) is -1.10. The number of amides is 2. The molecule has 0 unspecified atom stereocenters. The van der Waals surface area contributed by atoms with Crippen LogP contribution in [0, 0.1) is 17.3 Å². The predicted octanol–water partition coefficient (Wildman–Crippen LogP) is 2.04. The van der Waals surface area contributed by atoms with E-state index in [1.807, 2.05) is 0 Å². The maximum absolute atomic E-state index is 13.7. The minimum Gasteiger partial charge on any atom is -0.375 e. The zero-order valence-electron chi connectivity index (χ0n) is 14.1. The van der Waals surface area contributed by atoms with E-state index in [-0.39, 0.29) is 29.8 Å². The average Bonchev–Trinajstić information content (AvgIpc) is 3.12. The van der Waals surface area contributed by atoms with Gasteiger partial charge in [0.15, 0.2) is 0 Å². The maximum Gasteiger partial charge on any atom is 0.230 e. The highest BCUT2D eigenvalue weighted by Crippen LogP contribution is 2.70. The van der Waals surface area contributed by atoms with Crippen molar-refractivity contribution in [1.82, 2.24) is 9.88 Å². The van der Waals surface area contributed by atoms with Crippen LogP contribution in [-0.2, 0) is 14.3 Å². The molecule has 6 nitrogen and oxygen atoms in total. The number of ether oxygens (including phenoxy) is 1. The third kappa shape index (κ3) is 2.29. The van der Waals surface area contributed by atoms with Crippen molar-refractivity contribution in [2.45, 2.75) is 31.0 Å². The number of halogens is 2. The molecule has 2 amide bonds. The van der Waals surface area contributed by atoms with Gasteiger partial charge in [-0.2, -0.15) is 0 Å². The van der Waals surface area contributed by atoms with Crippen LogP contribution in [0.1, 0.15) is 19.3 Å². The van der Waals surface area contributed by atoms with E-state index in [1.54, 1.807) is 17.2 Å². The molecule has 3 heterocycles. The fraction of sp³-hybridized carbons (Fsp3) is 0.611. The van der Waals surface area contributed by atoms with Gasteiger partial charge in [-0.25, -0.2) is 4.39 Å². The molecule has 8 heteroatoms. The van der Waals surface area contributed by atoms with Crippen molar-refractivity contribution >= 4 is 29.1 Å². The zero-order chi connectivity index (χ0) is 18.1. The van der Waals surface area contributed by atoms with E-state index in [2.05, 4.69) is 10.3 Å². The summed E-state index contributed by atoms with van der Waals surface area (Å²) in [4.78, 5) is 31.2. The minimum absolute atomic E-state index is 0.0319. The monoisotopic (exact) mass is 379 g/mol. The number of hydrogen-bond donors (Lipinski definition) is 1. The quantitative estimate of drug-likeness (QED) is 0.872. The Morgan fingerprint density at radius 2 is 2.12 bits per heavy atom. The molecule has 2 bridgehead atoms. The van der Waals surface area contributed by atoms with Crippen molar-refractivity contribution in [2.24, 2.45) is 17.3 Å². The smallest absolute Gasteiger partial charge is 0.230 e. The van der Waals surface area contributed by atoms with E-state index in [4.69, 9.17) is 16.3 Å². The number of aromatic nitrogens is 1. The molecule has 3 aliphatic carbocycles. The van der Waals surface area contributed by atoms with E-state index in [0.29, 0.717) is 49.7 Å². The first-order valence-corrected chi connectivity index (χ1v) is 9.27. The maximum atomic E-state index is 13.7. The van der Waals surface area contributed by atoms with Gasteiger partial charge >= 0.3 is 0 Å². The lowest BCUT2D eigenvalue weighted by molar-refractivity contribution is -0.221. The Labute approximate surface area is 155 Å². The number of fused-ring (bicyclic) bond motifs is 1. The summed E-state index contributed by atoms with van der Waals surface area (Å²) in [6.07, 6.45) is 4.00. The van der Waals surface area contributed by atoms with Gasteiger partial charge in [0.2, 0.25) is 11.8 Å². The van der Waals surface area contributed by atoms with Gasteiger partial charge < -0.3 is 15.0 Å². The van der Waals surface area contributed by atoms with Crippen LogP contribution in [0.5, 0.6) is 0 Å². The van der Waals surface area contributed by atoms with Crippen LogP contribution in [-0.4, -0.2) is 53.2 Å². The number of hydrogen-bond acceptors (Lipinski definition) is 4. The van der Waals surface area contributed by atoms with E-state index < -0.39 is 11.1 Å². The molecule has 3 saturated carbocycles. The number of alkyl halides is 1. The van der Waals surface area contributed by atoms with Crippen molar-refractivity contribution in [3.8, 4) is 0 Å². The summed E-state index contributed by atoms with van der Waals surface area (Å²) >= 11 is 6.07. The topological polar surface area (TPSA) is 71.5 Å². The van der Waals surface area contributed by atoms with E-state index >= 15 is 0 Å². The molecule has 1 aromatic heterocycles. The summed E-state index contributed by atoms with van der Waals surface area (Å²) in [6, 6.07) is 1.61. The molecule has 2 saturated heterocycles. The van der Waals surface area contributed by atoms with Crippen LogP contribution < -0.4 is 5.32 Å². The zero-order valence-corrected chi connectivity index (χ0v) is 14.8. The van der Waals surface area contributed by atoms with Crippen LogP contribution in [0.2, 0.25) is 5.02 Å². The van der Waals surface area contributed by atoms with Gasteiger partial charge in [-0.1, -0.05) is 11.6 Å². The minimum atomic E-state index is -1.09. The van der Waals surface area contributed by atoms with Crippen molar-refractivity contribution in [3.63, 3.8) is 0 Å². The number of anilines is 1. The fourth-order valence-corrected chi connectivity index (χ4v) is 5.22. The summed E-state index contributed by atoms with van der Waals surface area (Å²) in [5.74, 6) is -0.518. The molecule has 0 radical (unpaired) electrons. The van der Waals surface area contributed by atoms with E-state index in [1.165, 1.54) is 6.20 Å². The molecule has 138 valence electrons. The molecule has 26 heavy (non-hydrogen) atoms. The van der Waals surface area contributed by atoms with Gasteiger partial charge in [-0.05, 0) is 25.3 Å². The van der Waals surface area contributed by atoms with Gasteiger partial charge in [0.05, 0.1) is 41.0 Å². The highest BCUT2D eigenvalue weighted by atomic mass is 35.5. The molecule has 0 aromatic carbocycles. The second-order valence-corrected chi connectivity index (χ2v) is 8.57. The summed E-state index contributed by atoms with van der Waals surface area (Å²) in [5, 5.41) is 3.23. The molecule has 5 aliphatic rings. The number of carbonyl (C=O) groups excluding carboxylic acids is 2. The first-order valence-electron chi connectivity index (χ1n) is 8.90. The standard InChI is InChI=1S/C18H19ClFN3O3/c19-12-1-2-21-3-13(12)22-15(24)11-6-26-14-5-23(4-10(11)14)16(25)17-7-18(20,8-17)9-17/h1-3,10-11,14H,4-9H2,(H,22,24)/t10-,11+,14-,17?,18?/m0/s1. The number of pyridine rings is 1. The van der Waals surface area contributed by atoms with Crippen molar-refractivity contribution in [2.75, 3.05) is 25.0 Å². The molecule has 1 aromatic rings. The molecular weight excluding hydrogens is 361 g/mol. The Hall–Kier alpha value is -1.73. The second-order valence-electron chi connectivity index (χ2n) is 8.16. The number of nitrogens with zero attached hydrogens (tertiary/aromatic N) is 2. The number of nitrogens with one attached hydrogen (secondary N) is 1. The predicted molar refractivity (Wildman–Crippen MR) is 91.3 cm³/mol. The molecule has 6 rings (SSSR count). The van der Waals surface area contributed by atoms with Crippen molar-refractivity contribution in [3.05, 3.63) is 23.5 Å². The summed E-state index contributed by atoms with van der Waals surface area (Å²) < 4.78 is 19.5. The molecule has 1 N–H and O–H groups in total. The SMILES string of the molecule is O=C(Nc1cnccc1Cl)[C@@H]1CO[C@H]2CN(C(=O)C34CC(F)(C3)C4)C[C@H]21. The molecule has 2 aliphatic heterocycles. The van der Waals surface area contributed by atoms with Crippen molar-refractivity contribution < 1.29 is 18.7 Å². The highest BCUT2D eigenvalue weighted by molar-refractivity contribution is 6.33. The van der Waals surface area contributed by atoms with Gasteiger partial charge in [0, 0.05) is 25.2 Å². The van der Waals surface area contributed by atoms with Gasteiger partial charge in [-0.3, -0.25) is 14.6 Å². The average molecular weight is 380 g/mol. The van der Waals surface area contributed by atoms with E-state index in [9.17, 15) is 14.0 Å². The van der Waals surface area contributed by atoms with E-state index in [0.717, 1.165) is 0 Å². The Balaban J connectivity index is 1.25. The number of carbonyl (C=O) groups is 2. The summed E-state index contributed by atoms with van der Waals surface area (Å²) in [6.45, 7) is 1.31. The van der Waals surface area contributed by atoms with Crippen LogP contribution in [0.4, 0.5) is 10.1 Å². The Bertz CT molecular complexity index is 784. The lowest BCUT2D eigenvalue weighted by Gasteiger charge is -2.65. The van der Waals surface area contributed by atoms with Crippen LogP contribution in [0.15, 0.2) is 18.5 Å². The van der Waals surface area contributed by atoms with Crippen LogP contribution in [0.25, 0.3) is 0 Å². The Kier molecular flexibility index (Phi) is 3.41. The third-order valence-electron chi connectivity index (χ3n) is 6.38.